The van der Waals surface area contributed by atoms with Crippen LogP contribution in [0.15, 0.2) is 46.9 Å². The second-order valence-electron chi connectivity index (χ2n) is 5.11. The van der Waals surface area contributed by atoms with Crippen LogP contribution >= 0.6 is 15.9 Å². The summed E-state index contributed by atoms with van der Waals surface area (Å²) in [6.07, 6.45) is 0. The molecule has 0 unspecified atom stereocenters. The van der Waals surface area contributed by atoms with Crippen LogP contribution in [0.25, 0.3) is 0 Å². The van der Waals surface area contributed by atoms with Gasteiger partial charge < -0.3 is 4.90 Å². The Morgan fingerprint density at radius 2 is 1.90 bits per heavy atom. The lowest BCUT2D eigenvalue weighted by atomic mass is 10.1. The normalized spacial score (nSPS) is 10.4. The molecular formula is C17H18BrNO. The SMILES string of the molecule is Cc1cccc(CN(C)C(=O)c2ccc(Br)c(C)c2)c1. The van der Waals surface area contributed by atoms with Gasteiger partial charge in [-0.25, -0.2) is 0 Å². The molecule has 2 rings (SSSR count). The predicted molar refractivity (Wildman–Crippen MR) is 85.9 cm³/mol. The molecule has 2 nitrogen and oxygen atoms in total. The van der Waals surface area contributed by atoms with Crippen molar-refractivity contribution in [2.24, 2.45) is 0 Å². The molecule has 0 aromatic heterocycles. The van der Waals surface area contributed by atoms with Gasteiger partial charge in [0.25, 0.3) is 5.91 Å². The second kappa shape index (κ2) is 6.23. The standard InChI is InChI=1S/C17H18BrNO/c1-12-5-4-6-14(9-12)11-19(3)17(20)15-7-8-16(18)13(2)10-15/h4-10H,11H2,1-3H3. The maximum atomic E-state index is 12.4. The van der Waals surface area contributed by atoms with Crippen molar-refractivity contribution < 1.29 is 4.79 Å². The number of benzene rings is 2. The maximum absolute atomic E-state index is 12.4. The van der Waals surface area contributed by atoms with Gasteiger partial charge in [0.15, 0.2) is 0 Å². The Morgan fingerprint density at radius 1 is 1.15 bits per heavy atom. The fourth-order valence-electron chi connectivity index (χ4n) is 2.15. The average Bonchev–Trinajstić information content (AvgIpc) is 2.41. The first-order valence-corrected chi connectivity index (χ1v) is 7.34. The number of carbonyl (C=O) groups excluding carboxylic acids is 1. The van der Waals surface area contributed by atoms with E-state index in [1.54, 1.807) is 4.90 Å². The van der Waals surface area contributed by atoms with Crippen LogP contribution in [0, 0.1) is 13.8 Å². The highest BCUT2D eigenvalue weighted by atomic mass is 79.9. The molecule has 20 heavy (non-hydrogen) atoms. The van der Waals surface area contributed by atoms with Gasteiger partial charge in [0, 0.05) is 23.6 Å². The van der Waals surface area contributed by atoms with Gasteiger partial charge in [-0.2, -0.15) is 0 Å². The maximum Gasteiger partial charge on any atom is 0.253 e. The Labute approximate surface area is 128 Å². The Balaban J connectivity index is 2.14. The molecular weight excluding hydrogens is 314 g/mol. The van der Waals surface area contributed by atoms with Crippen LogP contribution in [0.4, 0.5) is 0 Å². The van der Waals surface area contributed by atoms with E-state index in [0.29, 0.717) is 6.54 Å². The molecule has 3 heteroatoms. The number of nitrogens with zero attached hydrogens (tertiary/aromatic N) is 1. The van der Waals surface area contributed by atoms with E-state index < -0.39 is 0 Å². The zero-order valence-electron chi connectivity index (χ0n) is 12.0. The zero-order chi connectivity index (χ0) is 14.7. The van der Waals surface area contributed by atoms with Crippen molar-refractivity contribution in [3.8, 4) is 0 Å². The highest BCUT2D eigenvalue weighted by Gasteiger charge is 2.12. The number of aryl methyl sites for hydroxylation is 2. The van der Waals surface area contributed by atoms with Crippen LogP contribution in [0.5, 0.6) is 0 Å². The summed E-state index contributed by atoms with van der Waals surface area (Å²) in [6, 6.07) is 13.9. The van der Waals surface area contributed by atoms with E-state index in [1.807, 2.05) is 44.3 Å². The van der Waals surface area contributed by atoms with E-state index >= 15 is 0 Å². The second-order valence-corrected chi connectivity index (χ2v) is 5.97. The quantitative estimate of drug-likeness (QED) is 0.819. The third-order valence-electron chi connectivity index (χ3n) is 3.25. The summed E-state index contributed by atoms with van der Waals surface area (Å²) in [6.45, 7) is 4.67. The molecule has 0 saturated heterocycles. The molecule has 0 fully saturated rings. The Hall–Kier alpha value is -1.61. The highest BCUT2D eigenvalue weighted by Crippen LogP contribution is 2.18. The fourth-order valence-corrected chi connectivity index (χ4v) is 2.40. The number of carbonyl (C=O) groups is 1. The molecule has 0 aliphatic carbocycles. The van der Waals surface area contributed by atoms with Crippen molar-refractivity contribution in [2.45, 2.75) is 20.4 Å². The van der Waals surface area contributed by atoms with Crippen LogP contribution in [-0.2, 0) is 6.54 Å². The Bertz CT molecular complexity index is 637. The summed E-state index contributed by atoms with van der Waals surface area (Å²) in [5, 5.41) is 0. The van der Waals surface area contributed by atoms with Crippen molar-refractivity contribution in [1.82, 2.24) is 4.90 Å². The van der Waals surface area contributed by atoms with Crippen molar-refractivity contribution in [3.63, 3.8) is 0 Å². The number of rotatable bonds is 3. The van der Waals surface area contributed by atoms with E-state index in [1.165, 1.54) is 5.56 Å². The van der Waals surface area contributed by atoms with Gasteiger partial charge in [-0.1, -0.05) is 45.8 Å². The summed E-state index contributed by atoms with van der Waals surface area (Å²) in [5.74, 6) is 0.0436. The van der Waals surface area contributed by atoms with E-state index in [0.717, 1.165) is 21.2 Å². The molecule has 2 aromatic carbocycles. The molecule has 1 amide bonds. The minimum absolute atomic E-state index is 0.0436. The lowest BCUT2D eigenvalue weighted by Gasteiger charge is -2.18. The van der Waals surface area contributed by atoms with Crippen molar-refractivity contribution >= 4 is 21.8 Å². The van der Waals surface area contributed by atoms with Gasteiger partial charge >= 0.3 is 0 Å². The molecule has 0 N–H and O–H groups in total. The summed E-state index contributed by atoms with van der Waals surface area (Å²) < 4.78 is 1.02. The first kappa shape index (κ1) is 14.8. The first-order valence-electron chi connectivity index (χ1n) is 6.54. The van der Waals surface area contributed by atoms with Gasteiger partial charge in [0.2, 0.25) is 0 Å². The van der Waals surface area contributed by atoms with Crippen LogP contribution < -0.4 is 0 Å². The van der Waals surface area contributed by atoms with E-state index in [9.17, 15) is 4.79 Å². The van der Waals surface area contributed by atoms with E-state index in [2.05, 4.69) is 35.0 Å². The van der Waals surface area contributed by atoms with Crippen molar-refractivity contribution in [1.29, 1.82) is 0 Å². The third-order valence-corrected chi connectivity index (χ3v) is 4.14. The number of hydrogen-bond acceptors (Lipinski definition) is 1. The third kappa shape index (κ3) is 3.48. The predicted octanol–water partition coefficient (Wildman–Crippen LogP) is 4.34. The molecule has 104 valence electrons. The molecule has 0 aliphatic rings. The topological polar surface area (TPSA) is 20.3 Å². The van der Waals surface area contributed by atoms with E-state index in [-0.39, 0.29) is 5.91 Å². The zero-order valence-corrected chi connectivity index (χ0v) is 13.6. The summed E-state index contributed by atoms with van der Waals surface area (Å²) in [4.78, 5) is 14.2. The number of hydrogen-bond donors (Lipinski definition) is 0. The smallest absolute Gasteiger partial charge is 0.253 e. The molecule has 0 saturated carbocycles. The molecule has 0 spiro atoms. The molecule has 0 radical (unpaired) electrons. The minimum Gasteiger partial charge on any atom is -0.337 e. The highest BCUT2D eigenvalue weighted by molar-refractivity contribution is 9.10. The Kier molecular flexibility index (Phi) is 4.61. The van der Waals surface area contributed by atoms with Gasteiger partial charge in [0.1, 0.15) is 0 Å². The molecule has 0 heterocycles. The van der Waals surface area contributed by atoms with Crippen LogP contribution in [0.2, 0.25) is 0 Å². The van der Waals surface area contributed by atoms with Crippen LogP contribution in [0.1, 0.15) is 27.0 Å². The van der Waals surface area contributed by atoms with Gasteiger partial charge in [-0.15, -0.1) is 0 Å². The molecule has 0 atom stereocenters. The molecule has 2 aromatic rings. The summed E-state index contributed by atoms with van der Waals surface area (Å²) in [5.41, 5.74) is 4.15. The summed E-state index contributed by atoms with van der Waals surface area (Å²) in [7, 11) is 1.84. The lowest BCUT2D eigenvalue weighted by Crippen LogP contribution is -2.26. The average molecular weight is 332 g/mol. The van der Waals surface area contributed by atoms with Gasteiger partial charge in [0.05, 0.1) is 0 Å². The van der Waals surface area contributed by atoms with Crippen molar-refractivity contribution in [2.75, 3.05) is 7.05 Å². The van der Waals surface area contributed by atoms with Gasteiger partial charge in [-0.05, 0) is 43.2 Å². The fraction of sp³-hybridized carbons (Fsp3) is 0.235. The lowest BCUT2D eigenvalue weighted by molar-refractivity contribution is 0.0785. The monoisotopic (exact) mass is 331 g/mol. The number of amides is 1. The Morgan fingerprint density at radius 3 is 2.55 bits per heavy atom. The molecule has 0 bridgehead atoms. The van der Waals surface area contributed by atoms with E-state index in [4.69, 9.17) is 0 Å². The molecule has 0 aliphatic heterocycles. The van der Waals surface area contributed by atoms with Crippen LogP contribution in [0.3, 0.4) is 0 Å². The van der Waals surface area contributed by atoms with Crippen molar-refractivity contribution in [3.05, 3.63) is 69.2 Å². The number of halogens is 1. The first-order chi connectivity index (χ1) is 9.47. The summed E-state index contributed by atoms with van der Waals surface area (Å²) >= 11 is 3.45. The largest absolute Gasteiger partial charge is 0.337 e. The van der Waals surface area contributed by atoms with Crippen LogP contribution in [-0.4, -0.2) is 17.9 Å². The minimum atomic E-state index is 0.0436. The van der Waals surface area contributed by atoms with Gasteiger partial charge in [-0.3, -0.25) is 4.79 Å².